The van der Waals surface area contributed by atoms with Gasteiger partial charge in [0.1, 0.15) is 11.6 Å². The van der Waals surface area contributed by atoms with Crippen molar-refractivity contribution in [2.24, 2.45) is 5.92 Å². The first-order chi connectivity index (χ1) is 15.5. The molecule has 2 aromatic carbocycles. The van der Waals surface area contributed by atoms with Gasteiger partial charge in [-0.25, -0.2) is 8.78 Å². The summed E-state index contributed by atoms with van der Waals surface area (Å²) in [5, 5.41) is 5.13. The standard InChI is InChI=1S/C23H23Cl2F2N3O3/c1-12(2)28-22(32)23(33)29-16-9-17(24)21(18(25)10-16)30-11-13(3-6-20(30)31)7-14-4-5-15(26)8-19(14)27/h4-5,8-10,12-13H,3,6-7,11H2,1-2H3,(H,28,32)(H,29,33). The summed E-state index contributed by atoms with van der Waals surface area (Å²) in [6.45, 7) is 3.69. The zero-order valence-electron chi connectivity index (χ0n) is 18.1. The van der Waals surface area contributed by atoms with E-state index >= 15 is 0 Å². The van der Waals surface area contributed by atoms with Crippen LogP contribution in [0.5, 0.6) is 0 Å². The lowest BCUT2D eigenvalue weighted by atomic mass is 9.90. The van der Waals surface area contributed by atoms with Gasteiger partial charge in [-0.15, -0.1) is 0 Å². The first kappa shape index (κ1) is 24.9. The number of anilines is 2. The monoisotopic (exact) mass is 497 g/mol. The maximum absolute atomic E-state index is 14.1. The number of hydrogen-bond acceptors (Lipinski definition) is 3. The number of nitrogens with zero attached hydrogens (tertiary/aromatic N) is 1. The zero-order valence-corrected chi connectivity index (χ0v) is 19.6. The lowest BCUT2D eigenvalue weighted by Gasteiger charge is -2.34. The number of benzene rings is 2. The molecule has 1 atom stereocenters. The van der Waals surface area contributed by atoms with Crippen LogP contribution in [0, 0.1) is 17.6 Å². The second-order valence-corrected chi connectivity index (χ2v) is 9.03. The topological polar surface area (TPSA) is 78.5 Å². The van der Waals surface area contributed by atoms with Crippen LogP contribution in [0.25, 0.3) is 0 Å². The van der Waals surface area contributed by atoms with Crippen molar-refractivity contribution >= 4 is 52.3 Å². The Morgan fingerprint density at radius 2 is 1.79 bits per heavy atom. The molecule has 0 bridgehead atoms. The first-order valence-corrected chi connectivity index (χ1v) is 11.2. The molecule has 6 nitrogen and oxygen atoms in total. The Morgan fingerprint density at radius 3 is 2.39 bits per heavy atom. The summed E-state index contributed by atoms with van der Waals surface area (Å²) >= 11 is 12.8. The molecule has 1 aliphatic rings. The Labute approximate surface area is 200 Å². The van der Waals surface area contributed by atoms with Crippen LogP contribution in [0.4, 0.5) is 20.2 Å². The minimum absolute atomic E-state index is 0.0890. The van der Waals surface area contributed by atoms with Gasteiger partial charge in [-0.2, -0.15) is 0 Å². The number of rotatable bonds is 5. The van der Waals surface area contributed by atoms with Crippen molar-refractivity contribution in [1.29, 1.82) is 0 Å². The van der Waals surface area contributed by atoms with Crippen molar-refractivity contribution in [2.75, 3.05) is 16.8 Å². The Bertz CT molecular complexity index is 1070. The van der Waals surface area contributed by atoms with Gasteiger partial charge in [-0.3, -0.25) is 14.4 Å². The SMILES string of the molecule is CC(C)NC(=O)C(=O)Nc1cc(Cl)c(N2CC(Cc3ccc(F)cc3F)CCC2=O)c(Cl)c1. The third-order valence-electron chi connectivity index (χ3n) is 5.20. The molecule has 1 unspecified atom stereocenters. The lowest BCUT2D eigenvalue weighted by Crippen LogP contribution is -2.41. The Hall–Kier alpha value is -2.71. The number of halogens is 4. The molecule has 0 radical (unpaired) electrons. The first-order valence-electron chi connectivity index (χ1n) is 10.4. The molecule has 10 heteroatoms. The molecule has 2 aromatic rings. The predicted molar refractivity (Wildman–Crippen MR) is 124 cm³/mol. The normalized spacial score (nSPS) is 16.2. The summed E-state index contributed by atoms with van der Waals surface area (Å²) in [5.74, 6) is -3.24. The van der Waals surface area contributed by atoms with Crippen molar-refractivity contribution in [3.05, 3.63) is 57.6 Å². The lowest BCUT2D eigenvalue weighted by molar-refractivity contribution is -0.136. The van der Waals surface area contributed by atoms with Crippen molar-refractivity contribution < 1.29 is 23.2 Å². The van der Waals surface area contributed by atoms with Crippen molar-refractivity contribution in [1.82, 2.24) is 5.32 Å². The highest BCUT2D eigenvalue weighted by Gasteiger charge is 2.30. The number of carbonyl (C=O) groups is 3. The van der Waals surface area contributed by atoms with Crippen molar-refractivity contribution in [3.63, 3.8) is 0 Å². The molecule has 176 valence electrons. The van der Waals surface area contributed by atoms with E-state index in [0.717, 1.165) is 6.07 Å². The number of piperidine rings is 1. The Kier molecular flexibility index (Phi) is 7.92. The highest BCUT2D eigenvalue weighted by atomic mass is 35.5. The maximum atomic E-state index is 14.1. The highest BCUT2D eigenvalue weighted by molar-refractivity contribution is 6.42. The predicted octanol–water partition coefficient (Wildman–Crippen LogP) is 4.72. The summed E-state index contributed by atoms with van der Waals surface area (Å²) in [6, 6.07) is 6.03. The molecular weight excluding hydrogens is 475 g/mol. The molecule has 1 fully saturated rings. The molecule has 33 heavy (non-hydrogen) atoms. The van der Waals surface area contributed by atoms with Gasteiger partial charge in [0.2, 0.25) is 5.91 Å². The summed E-state index contributed by atoms with van der Waals surface area (Å²) in [5.41, 5.74) is 0.843. The fraction of sp³-hybridized carbons (Fsp3) is 0.348. The van der Waals surface area contributed by atoms with E-state index in [-0.39, 0.29) is 52.3 Å². The second-order valence-electron chi connectivity index (χ2n) is 8.22. The van der Waals surface area contributed by atoms with Crippen LogP contribution in [0.1, 0.15) is 32.3 Å². The third kappa shape index (κ3) is 6.21. The van der Waals surface area contributed by atoms with Gasteiger partial charge in [-0.05, 0) is 56.4 Å². The fourth-order valence-corrected chi connectivity index (χ4v) is 4.40. The molecule has 2 N–H and O–H groups in total. The highest BCUT2D eigenvalue weighted by Crippen LogP contribution is 2.39. The molecule has 3 rings (SSSR count). The average Bonchev–Trinajstić information content (AvgIpc) is 2.71. The van der Waals surface area contributed by atoms with E-state index in [1.165, 1.54) is 29.2 Å². The number of hydrogen-bond donors (Lipinski definition) is 2. The second kappa shape index (κ2) is 10.5. The third-order valence-corrected chi connectivity index (χ3v) is 5.78. The van der Waals surface area contributed by atoms with Crippen molar-refractivity contribution in [3.8, 4) is 0 Å². The minimum Gasteiger partial charge on any atom is -0.346 e. The van der Waals surface area contributed by atoms with E-state index in [9.17, 15) is 23.2 Å². The van der Waals surface area contributed by atoms with E-state index in [2.05, 4.69) is 10.6 Å². The number of amides is 3. The van der Waals surface area contributed by atoms with E-state index in [0.29, 0.717) is 18.4 Å². The largest absolute Gasteiger partial charge is 0.346 e. The average molecular weight is 498 g/mol. The summed E-state index contributed by atoms with van der Waals surface area (Å²) in [6.07, 6.45) is 1.08. The van der Waals surface area contributed by atoms with E-state index < -0.39 is 23.4 Å². The molecule has 3 amide bonds. The van der Waals surface area contributed by atoms with Crippen LogP contribution in [0.2, 0.25) is 10.0 Å². The smallest absolute Gasteiger partial charge is 0.313 e. The van der Waals surface area contributed by atoms with E-state index in [4.69, 9.17) is 23.2 Å². The van der Waals surface area contributed by atoms with Gasteiger partial charge in [0.25, 0.3) is 0 Å². The van der Waals surface area contributed by atoms with Gasteiger partial charge in [-0.1, -0.05) is 29.3 Å². The summed E-state index contributed by atoms with van der Waals surface area (Å²) < 4.78 is 27.3. The number of carbonyl (C=O) groups excluding carboxylic acids is 3. The van der Waals surface area contributed by atoms with Crippen LogP contribution in [0.3, 0.4) is 0 Å². The van der Waals surface area contributed by atoms with Crippen molar-refractivity contribution in [2.45, 2.75) is 39.2 Å². The molecule has 0 saturated carbocycles. The van der Waals surface area contributed by atoms with Gasteiger partial charge in [0.05, 0.1) is 15.7 Å². The van der Waals surface area contributed by atoms with Crippen LogP contribution in [-0.4, -0.2) is 30.3 Å². The van der Waals surface area contributed by atoms with Crippen LogP contribution in [0.15, 0.2) is 30.3 Å². The van der Waals surface area contributed by atoms with Crippen LogP contribution in [-0.2, 0) is 20.8 Å². The summed E-state index contributed by atoms with van der Waals surface area (Å²) in [4.78, 5) is 37.9. The molecular formula is C23H23Cl2F2N3O3. The van der Waals surface area contributed by atoms with Gasteiger partial charge in [0.15, 0.2) is 0 Å². The van der Waals surface area contributed by atoms with E-state index in [1.807, 2.05) is 0 Å². The van der Waals surface area contributed by atoms with Gasteiger partial charge < -0.3 is 15.5 Å². The summed E-state index contributed by atoms with van der Waals surface area (Å²) in [7, 11) is 0. The molecule has 0 aliphatic carbocycles. The molecule has 1 saturated heterocycles. The van der Waals surface area contributed by atoms with Gasteiger partial charge >= 0.3 is 11.8 Å². The molecule has 1 aliphatic heterocycles. The quantitative estimate of drug-likeness (QED) is 0.586. The van der Waals surface area contributed by atoms with Crippen LogP contribution >= 0.6 is 23.2 Å². The fourth-order valence-electron chi connectivity index (χ4n) is 3.71. The maximum Gasteiger partial charge on any atom is 0.313 e. The minimum atomic E-state index is -0.876. The van der Waals surface area contributed by atoms with E-state index in [1.54, 1.807) is 13.8 Å². The van der Waals surface area contributed by atoms with Crippen LogP contribution < -0.4 is 15.5 Å². The Balaban J connectivity index is 1.77. The number of nitrogens with one attached hydrogen (secondary N) is 2. The Morgan fingerprint density at radius 1 is 1.12 bits per heavy atom. The molecule has 0 aromatic heterocycles. The zero-order chi connectivity index (χ0) is 24.3. The molecule has 1 heterocycles. The molecule has 0 spiro atoms. The van der Waals surface area contributed by atoms with Gasteiger partial charge in [0, 0.05) is 30.8 Å².